The number of piperidine rings is 1. The monoisotopic (exact) mass is 438 g/mol. The lowest BCUT2D eigenvalue weighted by Crippen LogP contribution is -2.72. The molecule has 2 saturated heterocycles. The van der Waals surface area contributed by atoms with Crippen LogP contribution in [0.3, 0.4) is 0 Å². The van der Waals surface area contributed by atoms with E-state index in [9.17, 15) is 24.5 Å². The van der Waals surface area contributed by atoms with Crippen molar-refractivity contribution in [3.63, 3.8) is 0 Å². The van der Waals surface area contributed by atoms with E-state index in [-0.39, 0.29) is 23.7 Å². The lowest BCUT2D eigenvalue weighted by molar-refractivity contribution is -0.384. The molecule has 2 aromatic rings. The molecule has 2 aliphatic rings. The quantitative estimate of drug-likeness (QED) is 0.345. The zero-order valence-corrected chi connectivity index (χ0v) is 17.1. The van der Waals surface area contributed by atoms with Gasteiger partial charge in [-0.15, -0.1) is 0 Å². The summed E-state index contributed by atoms with van der Waals surface area (Å²) in [6.07, 6.45) is -1.58. The third kappa shape index (κ3) is 4.52. The number of hydrogen-bond donors (Lipinski definition) is 5. The van der Waals surface area contributed by atoms with Gasteiger partial charge in [0.2, 0.25) is 17.7 Å². The van der Waals surface area contributed by atoms with Crippen molar-refractivity contribution < 1.29 is 19.3 Å². The zero-order valence-electron chi connectivity index (χ0n) is 17.1. The maximum absolute atomic E-state index is 12.9. The number of fused-ring (bicyclic) bond motifs is 1. The summed E-state index contributed by atoms with van der Waals surface area (Å²) < 4.78 is 0. The maximum atomic E-state index is 12.9. The molecule has 5 N–H and O–H groups in total. The van der Waals surface area contributed by atoms with Crippen LogP contribution in [0.15, 0.2) is 48.5 Å². The van der Waals surface area contributed by atoms with E-state index in [2.05, 4.69) is 26.6 Å². The van der Waals surface area contributed by atoms with Crippen molar-refractivity contribution >= 4 is 34.8 Å². The van der Waals surface area contributed by atoms with Crippen LogP contribution < -0.4 is 26.6 Å². The first-order valence-corrected chi connectivity index (χ1v) is 10.0. The first-order chi connectivity index (χ1) is 15.3. The van der Waals surface area contributed by atoms with Gasteiger partial charge in [-0.1, -0.05) is 23.8 Å². The van der Waals surface area contributed by atoms with E-state index >= 15 is 0 Å². The number of carbonyl (C=O) groups excluding carboxylic acids is 3. The summed E-state index contributed by atoms with van der Waals surface area (Å²) in [6.45, 7) is 1.96. The number of rotatable bonds is 5. The molecule has 32 heavy (non-hydrogen) atoms. The number of aryl methyl sites for hydroxylation is 1. The molecule has 0 spiro atoms. The summed E-state index contributed by atoms with van der Waals surface area (Å²) in [7, 11) is 0. The third-order valence-corrected chi connectivity index (χ3v) is 5.47. The average molecular weight is 438 g/mol. The minimum absolute atomic E-state index is 0.174. The van der Waals surface area contributed by atoms with Crippen LogP contribution in [0.25, 0.3) is 0 Å². The van der Waals surface area contributed by atoms with Crippen molar-refractivity contribution in [3.8, 4) is 0 Å². The molecule has 4 atom stereocenters. The largest absolute Gasteiger partial charge is 0.353 e. The van der Waals surface area contributed by atoms with E-state index in [0.29, 0.717) is 0 Å². The Kier molecular flexibility index (Phi) is 5.73. The highest BCUT2D eigenvalue weighted by atomic mass is 16.6. The molecule has 166 valence electrons. The van der Waals surface area contributed by atoms with Gasteiger partial charge in [0.1, 0.15) is 0 Å². The summed E-state index contributed by atoms with van der Waals surface area (Å²) >= 11 is 0. The highest BCUT2D eigenvalue weighted by molar-refractivity contribution is 6.00. The fourth-order valence-electron chi connectivity index (χ4n) is 3.90. The first-order valence-electron chi connectivity index (χ1n) is 10.0. The number of nitro benzene ring substituents is 1. The Morgan fingerprint density at radius 3 is 2.56 bits per heavy atom. The van der Waals surface area contributed by atoms with E-state index in [1.165, 1.54) is 24.3 Å². The summed E-state index contributed by atoms with van der Waals surface area (Å²) in [6, 6.07) is 13.1. The molecule has 0 radical (unpaired) electrons. The fraction of sp³-hybridized carbons (Fsp3) is 0.286. The van der Waals surface area contributed by atoms with Crippen LogP contribution in [-0.2, 0) is 14.4 Å². The van der Waals surface area contributed by atoms with E-state index in [1.807, 2.05) is 31.2 Å². The standard InChI is InChI=1S/C21H22N6O5/c1-11-5-7-12(8-6-11)23-21-25-18-17(20(30)26-21)15(10-16(28)24-18)19(29)22-13-3-2-4-14(9-13)27(31)32/h2-9,15,17-18,21,23,25H,10H2,1H3,(H,22,29)(H,24,28)(H,26,30). The lowest BCUT2D eigenvalue weighted by Gasteiger charge is -2.43. The Morgan fingerprint density at radius 2 is 1.84 bits per heavy atom. The van der Waals surface area contributed by atoms with Gasteiger partial charge in [-0.25, -0.2) is 0 Å². The van der Waals surface area contributed by atoms with E-state index < -0.39 is 41.0 Å². The van der Waals surface area contributed by atoms with Crippen LogP contribution in [0.5, 0.6) is 0 Å². The molecule has 2 aromatic carbocycles. The van der Waals surface area contributed by atoms with Gasteiger partial charge in [0, 0.05) is 29.9 Å². The average Bonchev–Trinajstić information content (AvgIpc) is 2.74. The van der Waals surface area contributed by atoms with Gasteiger partial charge in [-0.05, 0) is 25.1 Å². The molecule has 0 bridgehead atoms. The second-order valence-electron chi connectivity index (χ2n) is 7.80. The molecule has 2 aliphatic heterocycles. The number of hydrogen-bond acceptors (Lipinski definition) is 7. The van der Waals surface area contributed by atoms with Crippen LogP contribution in [0.4, 0.5) is 17.1 Å². The maximum Gasteiger partial charge on any atom is 0.271 e. The number of anilines is 2. The molecule has 11 heteroatoms. The molecule has 4 unspecified atom stereocenters. The second kappa shape index (κ2) is 8.63. The number of nitrogens with one attached hydrogen (secondary N) is 5. The minimum Gasteiger partial charge on any atom is -0.353 e. The van der Waals surface area contributed by atoms with Crippen molar-refractivity contribution in [2.45, 2.75) is 25.8 Å². The number of amides is 3. The number of carbonyl (C=O) groups is 3. The molecular weight excluding hydrogens is 416 g/mol. The normalized spacial score (nSPS) is 24.5. The molecule has 2 fully saturated rings. The molecule has 0 aromatic heterocycles. The Morgan fingerprint density at radius 1 is 1.09 bits per heavy atom. The fourth-order valence-corrected chi connectivity index (χ4v) is 3.90. The first kappa shape index (κ1) is 21.2. The Labute approximate surface area is 183 Å². The summed E-state index contributed by atoms with van der Waals surface area (Å²) in [5.74, 6) is -3.11. The van der Waals surface area contributed by atoms with Crippen LogP contribution in [-0.4, -0.2) is 35.1 Å². The lowest BCUT2D eigenvalue weighted by atomic mass is 9.81. The topological polar surface area (TPSA) is 154 Å². The van der Waals surface area contributed by atoms with E-state index in [4.69, 9.17) is 0 Å². The van der Waals surface area contributed by atoms with Crippen LogP contribution in [0.2, 0.25) is 0 Å². The van der Waals surface area contributed by atoms with Gasteiger partial charge >= 0.3 is 0 Å². The molecule has 0 saturated carbocycles. The molecule has 2 heterocycles. The van der Waals surface area contributed by atoms with Crippen molar-refractivity contribution in [1.29, 1.82) is 0 Å². The number of nitro groups is 1. The molecular formula is C21H22N6O5. The van der Waals surface area contributed by atoms with Gasteiger partial charge in [-0.2, -0.15) is 0 Å². The van der Waals surface area contributed by atoms with Crippen molar-refractivity contribution in [3.05, 3.63) is 64.2 Å². The smallest absolute Gasteiger partial charge is 0.271 e. The van der Waals surface area contributed by atoms with Crippen LogP contribution >= 0.6 is 0 Å². The van der Waals surface area contributed by atoms with Gasteiger partial charge in [0.25, 0.3) is 5.69 Å². The molecule has 4 rings (SSSR count). The van der Waals surface area contributed by atoms with Gasteiger partial charge in [0.05, 0.1) is 22.9 Å². The summed E-state index contributed by atoms with van der Waals surface area (Å²) in [5.41, 5.74) is 1.90. The number of nitrogens with zero attached hydrogens (tertiary/aromatic N) is 1. The minimum atomic E-state index is -0.944. The number of benzene rings is 2. The van der Waals surface area contributed by atoms with Crippen molar-refractivity contribution in [2.24, 2.45) is 11.8 Å². The van der Waals surface area contributed by atoms with Gasteiger partial charge in [-0.3, -0.25) is 29.8 Å². The van der Waals surface area contributed by atoms with E-state index in [0.717, 1.165) is 11.3 Å². The Bertz CT molecular complexity index is 1070. The highest BCUT2D eigenvalue weighted by Crippen LogP contribution is 2.28. The van der Waals surface area contributed by atoms with Crippen LogP contribution in [0, 0.1) is 28.9 Å². The molecule has 3 amide bonds. The second-order valence-corrected chi connectivity index (χ2v) is 7.80. The van der Waals surface area contributed by atoms with Crippen molar-refractivity contribution in [1.82, 2.24) is 16.0 Å². The van der Waals surface area contributed by atoms with Crippen LogP contribution in [0.1, 0.15) is 12.0 Å². The Hall–Kier alpha value is -3.99. The summed E-state index contributed by atoms with van der Waals surface area (Å²) in [5, 5.41) is 25.3. The molecule has 0 aliphatic carbocycles. The van der Waals surface area contributed by atoms with Gasteiger partial charge < -0.3 is 21.3 Å². The van der Waals surface area contributed by atoms with E-state index in [1.54, 1.807) is 0 Å². The van der Waals surface area contributed by atoms with Crippen molar-refractivity contribution in [2.75, 3.05) is 10.6 Å². The third-order valence-electron chi connectivity index (χ3n) is 5.47. The van der Waals surface area contributed by atoms with Gasteiger partial charge in [0.15, 0.2) is 6.29 Å². The Balaban J connectivity index is 1.48. The summed E-state index contributed by atoms with van der Waals surface area (Å²) in [4.78, 5) is 48.5. The molecule has 11 nitrogen and oxygen atoms in total. The predicted molar refractivity (Wildman–Crippen MR) is 115 cm³/mol. The highest BCUT2D eigenvalue weighted by Gasteiger charge is 2.48. The predicted octanol–water partition coefficient (Wildman–Crippen LogP) is 1.04. The SMILES string of the molecule is Cc1ccc(NC2NC(=O)C3C(NC(=O)CC3C(=O)Nc3cccc([N+](=O)[O-])c3)N2)cc1. The zero-order chi connectivity index (χ0) is 22.8. The number of non-ortho nitro benzene ring substituents is 1.